The number of halogens is 6. The third kappa shape index (κ3) is 7.90. The van der Waals surface area contributed by atoms with Gasteiger partial charge in [-0.15, -0.1) is 0 Å². The van der Waals surface area contributed by atoms with Crippen LogP contribution in [0.4, 0.5) is 26.3 Å². The van der Waals surface area contributed by atoms with Crippen LogP contribution in [0.2, 0.25) is 0 Å². The van der Waals surface area contributed by atoms with Crippen molar-refractivity contribution in [3.8, 4) is 0 Å². The molecule has 1 fully saturated rings. The number of ether oxygens (including phenoxy) is 1. The third-order valence-corrected chi connectivity index (χ3v) is 5.36. The molecule has 0 aliphatic heterocycles. The van der Waals surface area contributed by atoms with Gasteiger partial charge in [-0.2, -0.15) is 26.3 Å². The summed E-state index contributed by atoms with van der Waals surface area (Å²) in [6.07, 6.45) is -9.38. The van der Waals surface area contributed by atoms with Crippen LogP contribution in [-0.2, 0) is 16.0 Å². The quantitative estimate of drug-likeness (QED) is 0.400. The first-order valence-electron chi connectivity index (χ1n) is 9.95. The average molecular weight is 424 g/mol. The Hall–Kier alpha value is -1.73. The van der Waals surface area contributed by atoms with Crippen molar-refractivity contribution in [2.24, 2.45) is 11.8 Å². The summed E-state index contributed by atoms with van der Waals surface area (Å²) in [7, 11) is 0. The van der Waals surface area contributed by atoms with E-state index in [0.717, 1.165) is 32.1 Å². The Morgan fingerprint density at radius 2 is 1.41 bits per heavy atom. The van der Waals surface area contributed by atoms with Crippen LogP contribution in [0.25, 0.3) is 0 Å². The van der Waals surface area contributed by atoms with Gasteiger partial charge in [0.25, 0.3) is 6.10 Å². The summed E-state index contributed by atoms with van der Waals surface area (Å²) in [5, 5.41) is 0. The standard InChI is InChI=1S/C21H26F6O2/c22-20(23,24)19(21(25,26)27)29-18(28)17-12-6-2-5-10-16(11-7-13-17)14-15-8-3-1-4-9-15/h1,3-4,8-9,16-17,19H,2,5-7,10-14H2. The van der Waals surface area contributed by atoms with Crippen LogP contribution in [0, 0.1) is 11.8 Å². The van der Waals surface area contributed by atoms with Crippen molar-refractivity contribution in [1.29, 1.82) is 0 Å². The Kier molecular flexibility index (Phi) is 8.40. The molecule has 2 nitrogen and oxygen atoms in total. The second-order valence-electron chi connectivity index (χ2n) is 7.72. The summed E-state index contributed by atoms with van der Waals surface area (Å²) in [6.45, 7) is 0. The molecule has 2 atom stereocenters. The molecule has 2 rings (SSSR count). The van der Waals surface area contributed by atoms with Crippen LogP contribution in [0.5, 0.6) is 0 Å². The van der Waals surface area contributed by atoms with Crippen LogP contribution in [-0.4, -0.2) is 24.4 Å². The number of rotatable bonds is 4. The van der Waals surface area contributed by atoms with E-state index in [1.165, 1.54) is 5.56 Å². The van der Waals surface area contributed by atoms with Crippen molar-refractivity contribution in [3.63, 3.8) is 0 Å². The van der Waals surface area contributed by atoms with Gasteiger partial charge in [0.1, 0.15) is 0 Å². The molecule has 0 aromatic heterocycles. The highest BCUT2D eigenvalue weighted by atomic mass is 19.4. The maximum Gasteiger partial charge on any atom is 0.434 e. The van der Waals surface area contributed by atoms with E-state index in [-0.39, 0.29) is 12.8 Å². The fourth-order valence-corrected chi connectivity index (χ4v) is 3.86. The largest absolute Gasteiger partial charge is 0.443 e. The summed E-state index contributed by atoms with van der Waals surface area (Å²) in [5.41, 5.74) is 1.20. The molecular weight excluding hydrogens is 398 g/mol. The van der Waals surface area contributed by atoms with Gasteiger partial charge in [-0.25, -0.2) is 0 Å². The molecule has 0 N–H and O–H groups in total. The summed E-state index contributed by atoms with van der Waals surface area (Å²) >= 11 is 0. The highest BCUT2D eigenvalue weighted by Crippen LogP contribution is 2.37. The molecule has 0 radical (unpaired) electrons. The van der Waals surface area contributed by atoms with Gasteiger partial charge in [0.15, 0.2) is 0 Å². The fraction of sp³-hybridized carbons (Fsp3) is 0.667. The lowest BCUT2D eigenvalue weighted by atomic mass is 9.85. The summed E-state index contributed by atoms with van der Waals surface area (Å²) < 4.78 is 79.9. The average Bonchev–Trinajstić information content (AvgIpc) is 2.63. The maximum atomic E-state index is 12.7. The van der Waals surface area contributed by atoms with E-state index in [9.17, 15) is 31.1 Å². The van der Waals surface area contributed by atoms with Crippen LogP contribution < -0.4 is 0 Å². The number of hydrogen-bond donors (Lipinski definition) is 0. The molecule has 0 saturated heterocycles. The van der Waals surface area contributed by atoms with Gasteiger partial charge < -0.3 is 4.74 Å². The lowest BCUT2D eigenvalue weighted by Gasteiger charge is -2.26. The summed E-state index contributed by atoms with van der Waals surface area (Å²) in [4.78, 5) is 12.1. The van der Waals surface area contributed by atoms with Gasteiger partial charge in [0, 0.05) is 0 Å². The molecule has 0 spiro atoms. The van der Waals surface area contributed by atoms with Gasteiger partial charge in [-0.3, -0.25) is 4.79 Å². The van der Waals surface area contributed by atoms with Crippen molar-refractivity contribution >= 4 is 5.97 Å². The highest BCUT2D eigenvalue weighted by molar-refractivity contribution is 5.72. The molecule has 1 saturated carbocycles. The van der Waals surface area contributed by atoms with Gasteiger partial charge in [-0.1, -0.05) is 68.9 Å². The normalized spacial score (nSPS) is 22.3. The van der Waals surface area contributed by atoms with Gasteiger partial charge in [-0.05, 0) is 30.7 Å². The number of alkyl halides is 6. The molecule has 0 heterocycles. The second kappa shape index (κ2) is 10.3. The first-order chi connectivity index (χ1) is 13.6. The molecule has 29 heavy (non-hydrogen) atoms. The molecule has 1 aliphatic carbocycles. The van der Waals surface area contributed by atoms with Crippen LogP contribution >= 0.6 is 0 Å². The third-order valence-electron chi connectivity index (χ3n) is 5.36. The lowest BCUT2D eigenvalue weighted by Crippen LogP contribution is -2.46. The SMILES string of the molecule is O=C(OC(C(F)(F)F)C(F)(F)F)C1CCCCCC(Cc2ccccc2)CCC1. The highest BCUT2D eigenvalue weighted by Gasteiger charge is 2.60. The predicted octanol–water partition coefficient (Wildman–Crippen LogP) is 6.63. The van der Waals surface area contributed by atoms with Crippen molar-refractivity contribution in [3.05, 3.63) is 35.9 Å². The summed E-state index contributed by atoms with van der Waals surface area (Å²) in [6, 6.07) is 9.92. The lowest BCUT2D eigenvalue weighted by molar-refractivity contribution is -0.314. The molecule has 1 aromatic rings. The molecule has 8 heteroatoms. The molecule has 2 unspecified atom stereocenters. The minimum atomic E-state index is -5.68. The molecule has 1 aliphatic rings. The smallest absolute Gasteiger partial charge is 0.434 e. The number of carbonyl (C=O) groups is 1. The first kappa shape index (κ1) is 23.5. The van der Waals surface area contributed by atoms with Gasteiger partial charge in [0.05, 0.1) is 5.92 Å². The fourth-order valence-electron chi connectivity index (χ4n) is 3.86. The van der Waals surface area contributed by atoms with Crippen molar-refractivity contribution in [2.45, 2.75) is 76.2 Å². The zero-order valence-corrected chi connectivity index (χ0v) is 16.1. The number of benzene rings is 1. The van der Waals surface area contributed by atoms with Gasteiger partial charge in [0.2, 0.25) is 0 Å². The number of hydrogen-bond acceptors (Lipinski definition) is 2. The second-order valence-corrected chi connectivity index (χ2v) is 7.72. The zero-order valence-electron chi connectivity index (χ0n) is 16.1. The molecule has 0 amide bonds. The van der Waals surface area contributed by atoms with E-state index in [0.29, 0.717) is 18.8 Å². The monoisotopic (exact) mass is 424 g/mol. The molecule has 164 valence electrons. The maximum absolute atomic E-state index is 12.7. The zero-order chi connectivity index (χ0) is 21.5. The summed E-state index contributed by atoms with van der Waals surface area (Å²) in [5.74, 6) is -1.95. The topological polar surface area (TPSA) is 26.3 Å². The van der Waals surface area contributed by atoms with Crippen LogP contribution in [0.1, 0.15) is 56.9 Å². The van der Waals surface area contributed by atoms with Crippen molar-refractivity contribution in [2.75, 3.05) is 0 Å². The van der Waals surface area contributed by atoms with E-state index >= 15 is 0 Å². The Morgan fingerprint density at radius 1 is 0.862 bits per heavy atom. The van der Waals surface area contributed by atoms with E-state index in [2.05, 4.69) is 4.74 Å². The minimum Gasteiger partial charge on any atom is -0.443 e. The Morgan fingerprint density at radius 3 is 2.03 bits per heavy atom. The van der Waals surface area contributed by atoms with Crippen LogP contribution in [0.3, 0.4) is 0 Å². The predicted molar refractivity (Wildman–Crippen MR) is 96.1 cm³/mol. The molecular formula is C21H26F6O2. The van der Waals surface area contributed by atoms with E-state index in [4.69, 9.17) is 0 Å². The van der Waals surface area contributed by atoms with Crippen LogP contribution in [0.15, 0.2) is 30.3 Å². The minimum absolute atomic E-state index is 0.243. The van der Waals surface area contributed by atoms with E-state index in [1.54, 1.807) is 0 Å². The number of esters is 1. The van der Waals surface area contributed by atoms with E-state index in [1.807, 2.05) is 30.3 Å². The Balaban J connectivity index is 1.96. The molecule has 1 aromatic carbocycles. The Labute approximate surface area is 166 Å². The van der Waals surface area contributed by atoms with Gasteiger partial charge >= 0.3 is 18.3 Å². The van der Waals surface area contributed by atoms with E-state index < -0.39 is 30.3 Å². The number of carbonyl (C=O) groups excluding carboxylic acids is 1. The molecule has 0 bridgehead atoms. The Bertz CT molecular complexity index is 612. The first-order valence-corrected chi connectivity index (χ1v) is 9.95. The van der Waals surface area contributed by atoms with Crippen molar-refractivity contribution in [1.82, 2.24) is 0 Å². The van der Waals surface area contributed by atoms with Crippen molar-refractivity contribution < 1.29 is 35.9 Å².